The van der Waals surface area contributed by atoms with Crippen molar-refractivity contribution in [3.8, 4) is 0 Å². The van der Waals surface area contributed by atoms with Crippen molar-refractivity contribution in [2.45, 2.75) is 30.6 Å². The fourth-order valence-electron chi connectivity index (χ4n) is 6.57. The maximum absolute atomic E-state index is 13.2. The molecule has 3 aromatic heterocycles. The number of pyridine rings is 2. The van der Waals surface area contributed by atoms with Crippen molar-refractivity contribution in [2.75, 3.05) is 43.0 Å². The SMILES string of the molecule is O=C(c1ccc(Nc2nc3c(N4CCC(CO)(c5ccc(Cl)cc5)CC4)cccn3n2)cc1)N1CCC(c2ccncc2)C1. The second-order valence-corrected chi connectivity index (χ2v) is 12.2. The molecule has 44 heavy (non-hydrogen) atoms. The van der Waals surface area contributed by atoms with Gasteiger partial charge in [-0.15, -0.1) is 5.10 Å². The molecule has 1 atom stereocenters. The number of hydrogen-bond donors (Lipinski definition) is 2. The van der Waals surface area contributed by atoms with Crippen LogP contribution < -0.4 is 10.2 Å². The number of piperidine rings is 1. The number of likely N-dealkylation sites (tertiary alicyclic amines) is 1. The number of carbonyl (C=O) groups is 1. The number of aliphatic hydroxyl groups excluding tert-OH is 1. The Kier molecular flexibility index (Phi) is 7.66. The van der Waals surface area contributed by atoms with Gasteiger partial charge >= 0.3 is 0 Å². The number of benzene rings is 2. The van der Waals surface area contributed by atoms with E-state index in [0.29, 0.717) is 22.5 Å². The molecule has 2 aliphatic rings. The molecule has 0 bridgehead atoms. The molecule has 2 saturated heterocycles. The van der Waals surface area contributed by atoms with Crippen LogP contribution in [0.3, 0.4) is 0 Å². The molecule has 7 rings (SSSR count). The molecule has 5 heterocycles. The molecule has 0 spiro atoms. The van der Waals surface area contributed by atoms with Gasteiger partial charge in [0.1, 0.15) is 0 Å². The van der Waals surface area contributed by atoms with E-state index in [9.17, 15) is 9.90 Å². The second-order valence-electron chi connectivity index (χ2n) is 11.7. The Balaban J connectivity index is 1.02. The van der Waals surface area contributed by atoms with E-state index >= 15 is 0 Å². The van der Waals surface area contributed by atoms with Crippen LogP contribution in [0.1, 0.15) is 46.7 Å². The first-order valence-electron chi connectivity index (χ1n) is 15.0. The summed E-state index contributed by atoms with van der Waals surface area (Å²) in [4.78, 5) is 26.4. The molecule has 2 N–H and O–H groups in total. The average molecular weight is 608 g/mol. The average Bonchev–Trinajstić information content (AvgIpc) is 3.73. The summed E-state index contributed by atoms with van der Waals surface area (Å²) in [5, 5.41) is 19.0. The number of carbonyl (C=O) groups excluding carboxylic acids is 1. The summed E-state index contributed by atoms with van der Waals surface area (Å²) in [7, 11) is 0. The number of rotatable bonds is 7. The van der Waals surface area contributed by atoms with Gasteiger partial charge in [0.05, 0.1) is 12.3 Å². The molecule has 2 aromatic carbocycles. The Morgan fingerprint density at radius 2 is 1.73 bits per heavy atom. The standard InChI is InChI=1S/C34H34ClN7O2/c35-28-7-5-27(6-8-28)34(23-43)14-20-40(21-15-34)30-2-1-18-42-31(30)38-33(39-42)37-29-9-3-25(4-10-29)32(44)41-19-13-26(22-41)24-11-16-36-17-12-24/h1-12,16-18,26,43H,13-15,19-23H2,(H,37,39). The van der Waals surface area contributed by atoms with E-state index in [4.69, 9.17) is 16.6 Å². The van der Waals surface area contributed by atoms with Gasteiger partial charge in [-0.1, -0.05) is 23.7 Å². The summed E-state index contributed by atoms with van der Waals surface area (Å²) >= 11 is 6.11. The predicted octanol–water partition coefficient (Wildman–Crippen LogP) is 5.68. The summed E-state index contributed by atoms with van der Waals surface area (Å²) < 4.78 is 1.79. The number of aromatic nitrogens is 4. The number of nitrogens with one attached hydrogen (secondary N) is 1. The lowest BCUT2D eigenvalue weighted by Crippen LogP contribution is -2.45. The summed E-state index contributed by atoms with van der Waals surface area (Å²) in [6, 6.07) is 23.5. The summed E-state index contributed by atoms with van der Waals surface area (Å²) in [5.41, 5.74) is 5.32. The van der Waals surface area contributed by atoms with Crippen LogP contribution in [0.25, 0.3) is 5.65 Å². The van der Waals surface area contributed by atoms with E-state index in [0.717, 1.165) is 68.0 Å². The normalized spacial score (nSPS) is 18.1. The maximum Gasteiger partial charge on any atom is 0.253 e. The van der Waals surface area contributed by atoms with Gasteiger partial charge < -0.3 is 20.2 Å². The second kappa shape index (κ2) is 11.9. The molecule has 2 fully saturated rings. The van der Waals surface area contributed by atoms with E-state index in [1.165, 1.54) is 5.56 Å². The van der Waals surface area contributed by atoms with E-state index in [-0.39, 0.29) is 17.9 Å². The first-order valence-corrected chi connectivity index (χ1v) is 15.4. The lowest BCUT2D eigenvalue weighted by Gasteiger charge is -2.42. The van der Waals surface area contributed by atoms with Crippen molar-refractivity contribution in [2.24, 2.45) is 0 Å². The topological polar surface area (TPSA) is 98.9 Å². The number of halogens is 1. The predicted molar refractivity (Wildman–Crippen MR) is 172 cm³/mol. The highest BCUT2D eigenvalue weighted by Crippen LogP contribution is 2.38. The van der Waals surface area contributed by atoms with Crippen molar-refractivity contribution in [1.82, 2.24) is 24.5 Å². The van der Waals surface area contributed by atoms with Crippen LogP contribution in [-0.2, 0) is 5.41 Å². The van der Waals surface area contributed by atoms with Gasteiger partial charge in [-0.3, -0.25) is 9.78 Å². The zero-order chi connectivity index (χ0) is 30.1. The number of anilines is 3. The molecule has 0 radical (unpaired) electrons. The summed E-state index contributed by atoms with van der Waals surface area (Å²) in [6.07, 6.45) is 8.10. The molecule has 0 aliphatic carbocycles. The number of nitrogens with zero attached hydrogens (tertiary/aromatic N) is 6. The molecule has 1 amide bonds. The highest BCUT2D eigenvalue weighted by Gasteiger charge is 2.36. The number of hydrogen-bond acceptors (Lipinski definition) is 7. The zero-order valence-corrected chi connectivity index (χ0v) is 25.1. The fourth-order valence-corrected chi connectivity index (χ4v) is 6.70. The highest BCUT2D eigenvalue weighted by atomic mass is 35.5. The van der Waals surface area contributed by atoms with Gasteiger partial charge in [-0.25, -0.2) is 4.52 Å². The van der Waals surface area contributed by atoms with Crippen molar-refractivity contribution < 1.29 is 9.90 Å². The summed E-state index contributed by atoms with van der Waals surface area (Å²) in [5.74, 6) is 0.880. The van der Waals surface area contributed by atoms with Crippen LogP contribution in [0, 0.1) is 0 Å². The Morgan fingerprint density at radius 3 is 2.45 bits per heavy atom. The summed E-state index contributed by atoms with van der Waals surface area (Å²) in [6.45, 7) is 3.14. The zero-order valence-electron chi connectivity index (χ0n) is 24.3. The van der Waals surface area contributed by atoms with Crippen molar-refractivity contribution in [1.29, 1.82) is 0 Å². The number of aliphatic hydroxyl groups is 1. The smallest absolute Gasteiger partial charge is 0.253 e. The van der Waals surface area contributed by atoms with Gasteiger partial charge in [0.15, 0.2) is 5.65 Å². The lowest BCUT2D eigenvalue weighted by atomic mass is 9.73. The van der Waals surface area contributed by atoms with E-state index in [1.807, 2.05) is 90.2 Å². The van der Waals surface area contributed by atoms with Gasteiger partial charge in [-0.05, 0) is 91.1 Å². The minimum absolute atomic E-state index is 0.0476. The Labute approximate surface area is 261 Å². The van der Waals surface area contributed by atoms with E-state index < -0.39 is 0 Å². The molecule has 0 saturated carbocycles. The first-order chi connectivity index (χ1) is 21.5. The maximum atomic E-state index is 13.2. The molecule has 224 valence electrons. The van der Waals surface area contributed by atoms with Crippen molar-refractivity contribution >= 4 is 40.5 Å². The molecule has 9 nitrogen and oxygen atoms in total. The van der Waals surface area contributed by atoms with Gasteiger partial charge in [-0.2, -0.15) is 4.98 Å². The third-order valence-electron chi connectivity index (χ3n) is 9.20. The molecular weight excluding hydrogens is 574 g/mol. The quantitative estimate of drug-likeness (QED) is 0.246. The minimum Gasteiger partial charge on any atom is -0.395 e. The number of fused-ring (bicyclic) bond motifs is 1. The molecular formula is C34H34ClN7O2. The van der Waals surface area contributed by atoms with Crippen LogP contribution in [-0.4, -0.2) is 68.3 Å². The minimum atomic E-state index is -0.282. The van der Waals surface area contributed by atoms with Crippen LogP contribution in [0.15, 0.2) is 91.4 Å². The Bertz CT molecular complexity index is 1750. The van der Waals surface area contributed by atoms with Gasteiger partial charge in [0.25, 0.3) is 5.91 Å². The highest BCUT2D eigenvalue weighted by molar-refractivity contribution is 6.30. The largest absolute Gasteiger partial charge is 0.395 e. The third kappa shape index (κ3) is 5.49. The monoisotopic (exact) mass is 607 g/mol. The van der Waals surface area contributed by atoms with Gasteiger partial charge in [0, 0.05) is 72.4 Å². The van der Waals surface area contributed by atoms with Crippen LogP contribution in [0.5, 0.6) is 0 Å². The first kappa shape index (κ1) is 28.3. The van der Waals surface area contributed by atoms with E-state index in [1.54, 1.807) is 4.52 Å². The van der Waals surface area contributed by atoms with Crippen LogP contribution in [0.4, 0.5) is 17.3 Å². The van der Waals surface area contributed by atoms with E-state index in [2.05, 4.69) is 26.4 Å². The third-order valence-corrected chi connectivity index (χ3v) is 9.46. The molecule has 1 unspecified atom stereocenters. The molecule has 10 heteroatoms. The van der Waals surface area contributed by atoms with Crippen molar-refractivity contribution in [3.63, 3.8) is 0 Å². The Morgan fingerprint density at radius 1 is 0.977 bits per heavy atom. The van der Waals surface area contributed by atoms with Crippen molar-refractivity contribution in [3.05, 3.63) is 113 Å². The van der Waals surface area contributed by atoms with Crippen LogP contribution in [0.2, 0.25) is 5.02 Å². The fraction of sp³-hybridized carbons (Fsp3) is 0.294. The van der Waals surface area contributed by atoms with Crippen LogP contribution >= 0.6 is 11.6 Å². The number of amides is 1. The Hall–Kier alpha value is -4.47. The molecule has 5 aromatic rings. The van der Waals surface area contributed by atoms with Gasteiger partial charge in [0.2, 0.25) is 5.95 Å². The molecule has 2 aliphatic heterocycles. The lowest BCUT2D eigenvalue weighted by molar-refractivity contribution is 0.0791.